The normalized spacial score (nSPS) is 24.3. The number of hydrogen-bond acceptors (Lipinski definition) is 4. The van der Waals surface area contributed by atoms with Crippen LogP contribution in [0.25, 0.3) is 0 Å². The number of cyclic esters (lactones) is 1. The fourth-order valence-corrected chi connectivity index (χ4v) is 3.90. The Balaban J connectivity index is 1.71. The van der Waals surface area contributed by atoms with E-state index in [1.807, 2.05) is 6.07 Å². The van der Waals surface area contributed by atoms with Crippen LogP contribution >= 0.6 is 0 Å². The fourth-order valence-electron chi connectivity index (χ4n) is 3.90. The molecule has 0 spiro atoms. The van der Waals surface area contributed by atoms with Crippen molar-refractivity contribution in [1.82, 2.24) is 0 Å². The Bertz CT molecular complexity index is 673. The predicted octanol–water partition coefficient (Wildman–Crippen LogP) is 3.36. The van der Waals surface area contributed by atoms with Crippen LogP contribution in [0.1, 0.15) is 56.9 Å². The highest BCUT2D eigenvalue weighted by Crippen LogP contribution is 2.43. The molecule has 4 heteroatoms. The molecule has 0 radical (unpaired) electrons. The van der Waals surface area contributed by atoms with Crippen molar-refractivity contribution in [2.24, 2.45) is 5.92 Å². The number of phenolic OH excluding ortho intramolecular Hbond substituents is 1. The molecule has 0 amide bonds. The average molecular weight is 326 g/mol. The van der Waals surface area contributed by atoms with E-state index in [1.165, 1.54) is 0 Å². The third-order valence-corrected chi connectivity index (χ3v) is 5.01. The molecule has 2 aliphatic rings. The lowest BCUT2D eigenvalue weighted by Gasteiger charge is -2.40. The van der Waals surface area contributed by atoms with E-state index >= 15 is 0 Å². The van der Waals surface area contributed by atoms with E-state index in [4.69, 9.17) is 4.74 Å². The molecule has 1 aromatic carbocycles. The molecular weight excluding hydrogens is 304 g/mol. The van der Waals surface area contributed by atoms with Gasteiger partial charge in [-0.2, -0.15) is 0 Å². The van der Waals surface area contributed by atoms with Gasteiger partial charge in [0.05, 0.1) is 0 Å². The molecule has 126 valence electrons. The second kappa shape index (κ2) is 7.09. The Labute approximate surface area is 142 Å². The molecule has 4 nitrogen and oxygen atoms in total. The highest BCUT2D eigenvalue weighted by Gasteiger charge is 2.47. The molecule has 1 atom stereocenters. The van der Waals surface area contributed by atoms with E-state index in [1.54, 1.807) is 18.2 Å². The van der Waals surface area contributed by atoms with Gasteiger partial charge in [-0.1, -0.05) is 30.7 Å². The van der Waals surface area contributed by atoms with Gasteiger partial charge in [0.1, 0.15) is 23.6 Å². The van der Waals surface area contributed by atoms with Gasteiger partial charge in [-0.3, -0.25) is 9.59 Å². The maximum Gasteiger partial charge on any atom is 0.313 e. The summed E-state index contributed by atoms with van der Waals surface area (Å²) in [7, 11) is 0. The van der Waals surface area contributed by atoms with Gasteiger partial charge in [0.25, 0.3) is 0 Å². The molecule has 1 aliphatic carbocycles. The van der Waals surface area contributed by atoms with Crippen molar-refractivity contribution in [2.75, 3.05) is 0 Å². The predicted molar refractivity (Wildman–Crippen MR) is 89.2 cm³/mol. The number of Topliss-reactive ketones (excluding diaryl/α,β-unsaturated/α-hetero) is 1. The molecule has 1 heterocycles. The lowest BCUT2D eigenvalue weighted by atomic mass is 9.76. The summed E-state index contributed by atoms with van der Waals surface area (Å²) in [5.41, 5.74) is 0.0952. The second-order valence-electron chi connectivity index (χ2n) is 6.76. The van der Waals surface area contributed by atoms with Crippen molar-refractivity contribution in [2.45, 2.75) is 57.0 Å². The van der Waals surface area contributed by atoms with Crippen LogP contribution < -0.4 is 0 Å². The SMILES string of the molecule is O=C1CC(=O)OC(CCC#Cc2cccc(O)c2)(C2CCCC2)C1. The summed E-state index contributed by atoms with van der Waals surface area (Å²) in [5, 5.41) is 9.45. The van der Waals surface area contributed by atoms with E-state index in [9.17, 15) is 14.7 Å². The van der Waals surface area contributed by atoms with Gasteiger partial charge >= 0.3 is 5.97 Å². The van der Waals surface area contributed by atoms with Crippen molar-refractivity contribution in [3.8, 4) is 17.6 Å². The fraction of sp³-hybridized carbons (Fsp3) is 0.500. The van der Waals surface area contributed by atoms with Crippen LogP contribution in [0.3, 0.4) is 0 Å². The topological polar surface area (TPSA) is 63.6 Å². The number of ether oxygens (including phenoxy) is 1. The van der Waals surface area contributed by atoms with Gasteiger partial charge in [-0.15, -0.1) is 0 Å². The quantitative estimate of drug-likeness (QED) is 0.525. The summed E-state index contributed by atoms with van der Waals surface area (Å²) in [6.07, 6.45) is 5.69. The molecule has 0 aromatic heterocycles. The smallest absolute Gasteiger partial charge is 0.313 e. The molecule has 3 rings (SSSR count). The first-order valence-electron chi connectivity index (χ1n) is 8.59. The first-order chi connectivity index (χ1) is 11.6. The Morgan fingerprint density at radius 2 is 2.04 bits per heavy atom. The van der Waals surface area contributed by atoms with Gasteiger partial charge in [0.15, 0.2) is 0 Å². The maximum atomic E-state index is 12.0. The van der Waals surface area contributed by atoms with Gasteiger partial charge in [0.2, 0.25) is 0 Å². The Morgan fingerprint density at radius 3 is 2.75 bits per heavy atom. The third kappa shape index (κ3) is 3.79. The number of hydrogen-bond donors (Lipinski definition) is 1. The second-order valence-corrected chi connectivity index (χ2v) is 6.76. The minimum Gasteiger partial charge on any atom is -0.508 e. The summed E-state index contributed by atoms with van der Waals surface area (Å²) in [5.74, 6) is 6.17. The van der Waals surface area contributed by atoms with Crippen LogP contribution in [-0.2, 0) is 14.3 Å². The Kier molecular flexibility index (Phi) is 4.89. The summed E-state index contributed by atoms with van der Waals surface area (Å²) in [6, 6.07) is 6.81. The molecule has 1 saturated heterocycles. The van der Waals surface area contributed by atoms with Crippen LogP contribution in [0, 0.1) is 17.8 Å². The largest absolute Gasteiger partial charge is 0.508 e. The number of phenols is 1. The minimum atomic E-state index is -0.656. The van der Waals surface area contributed by atoms with E-state index in [2.05, 4.69) is 11.8 Å². The van der Waals surface area contributed by atoms with Crippen molar-refractivity contribution in [1.29, 1.82) is 0 Å². The molecule has 1 N–H and O–H groups in total. The summed E-state index contributed by atoms with van der Waals surface area (Å²) in [6.45, 7) is 0. The molecule has 1 unspecified atom stereocenters. The van der Waals surface area contributed by atoms with E-state index in [-0.39, 0.29) is 29.8 Å². The van der Waals surface area contributed by atoms with Gasteiger partial charge in [-0.25, -0.2) is 0 Å². The molecule has 1 saturated carbocycles. The van der Waals surface area contributed by atoms with Crippen LogP contribution in [0.15, 0.2) is 24.3 Å². The van der Waals surface area contributed by atoms with Crippen LogP contribution in [0.2, 0.25) is 0 Å². The van der Waals surface area contributed by atoms with Gasteiger partial charge in [-0.05, 0) is 43.4 Å². The first-order valence-corrected chi connectivity index (χ1v) is 8.59. The molecular formula is C20H22O4. The zero-order valence-electron chi connectivity index (χ0n) is 13.7. The van der Waals surface area contributed by atoms with Crippen LogP contribution in [0.5, 0.6) is 5.75 Å². The summed E-state index contributed by atoms with van der Waals surface area (Å²) in [4.78, 5) is 23.8. The van der Waals surface area contributed by atoms with Crippen LogP contribution in [-0.4, -0.2) is 22.5 Å². The van der Waals surface area contributed by atoms with E-state index < -0.39 is 5.60 Å². The molecule has 1 aliphatic heterocycles. The maximum absolute atomic E-state index is 12.0. The Morgan fingerprint density at radius 1 is 1.25 bits per heavy atom. The molecule has 1 aromatic rings. The number of esters is 1. The highest BCUT2D eigenvalue weighted by atomic mass is 16.6. The number of carbonyl (C=O) groups excluding carboxylic acids is 2. The monoisotopic (exact) mass is 326 g/mol. The van der Waals surface area contributed by atoms with Crippen molar-refractivity contribution in [3.63, 3.8) is 0 Å². The van der Waals surface area contributed by atoms with E-state index in [0.29, 0.717) is 19.3 Å². The highest BCUT2D eigenvalue weighted by molar-refractivity contribution is 5.98. The lowest BCUT2D eigenvalue weighted by molar-refractivity contribution is -0.178. The number of ketones is 1. The zero-order valence-corrected chi connectivity index (χ0v) is 13.7. The van der Waals surface area contributed by atoms with Gasteiger partial charge in [0, 0.05) is 18.4 Å². The van der Waals surface area contributed by atoms with Crippen LogP contribution in [0.4, 0.5) is 0 Å². The standard InChI is InChI=1S/C20H22O4/c21-17-10-5-7-15(12-17)6-3-4-11-20(16-8-1-2-9-16)14-18(22)13-19(23)24-20/h5,7,10,12,16,21H,1-2,4,8-9,11,13-14H2. The number of aromatic hydroxyl groups is 1. The third-order valence-electron chi connectivity index (χ3n) is 5.01. The van der Waals surface area contributed by atoms with Crippen molar-refractivity contribution >= 4 is 11.8 Å². The lowest BCUT2D eigenvalue weighted by Crippen LogP contribution is -2.47. The minimum absolute atomic E-state index is 0.0147. The molecule has 0 bridgehead atoms. The van der Waals surface area contributed by atoms with Gasteiger partial charge < -0.3 is 9.84 Å². The average Bonchev–Trinajstić information content (AvgIpc) is 3.06. The Hall–Kier alpha value is -2.28. The summed E-state index contributed by atoms with van der Waals surface area (Å²) < 4.78 is 5.73. The first kappa shape index (κ1) is 16.6. The van der Waals surface area contributed by atoms with E-state index in [0.717, 1.165) is 31.2 Å². The number of carbonyl (C=O) groups is 2. The number of benzene rings is 1. The molecule has 2 fully saturated rings. The summed E-state index contributed by atoms with van der Waals surface area (Å²) >= 11 is 0. The van der Waals surface area contributed by atoms with Crippen molar-refractivity contribution < 1.29 is 19.4 Å². The zero-order chi connectivity index (χ0) is 17.0. The van der Waals surface area contributed by atoms with Crippen molar-refractivity contribution in [3.05, 3.63) is 29.8 Å². The number of rotatable bonds is 3. The molecule has 24 heavy (non-hydrogen) atoms.